The number of ether oxygens (including phenoxy) is 1. The second-order valence-electron chi connectivity index (χ2n) is 5.43. The lowest BCUT2D eigenvalue weighted by molar-refractivity contribution is -0.384. The number of anilines is 1. The maximum Gasteiger partial charge on any atom is 0.269 e. The van der Waals surface area contributed by atoms with Gasteiger partial charge in [0.2, 0.25) is 0 Å². The monoisotopic (exact) mass is 312 g/mol. The van der Waals surface area contributed by atoms with Crippen LogP contribution in [0.25, 0.3) is 0 Å². The Hall–Kier alpha value is -2.89. The Morgan fingerprint density at radius 2 is 2.00 bits per heavy atom. The van der Waals surface area contributed by atoms with Crippen LogP contribution in [-0.4, -0.2) is 23.9 Å². The summed E-state index contributed by atoms with van der Waals surface area (Å²) >= 11 is 0. The molecule has 0 aromatic heterocycles. The second kappa shape index (κ2) is 6.08. The van der Waals surface area contributed by atoms with Gasteiger partial charge in [-0.25, -0.2) is 0 Å². The van der Waals surface area contributed by atoms with Crippen molar-refractivity contribution in [2.75, 3.05) is 18.1 Å². The van der Waals surface area contributed by atoms with Crippen LogP contribution in [0.5, 0.6) is 5.75 Å². The third-order valence-corrected chi connectivity index (χ3v) is 3.85. The van der Waals surface area contributed by atoms with Gasteiger partial charge in [-0.3, -0.25) is 14.9 Å². The molecule has 118 valence electrons. The van der Waals surface area contributed by atoms with Gasteiger partial charge in [-0.1, -0.05) is 12.1 Å². The number of rotatable bonds is 4. The van der Waals surface area contributed by atoms with Gasteiger partial charge in [0, 0.05) is 24.2 Å². The Morgan fingerprint density at radius 1 is 1.26 bits per heavy atom. The molecule has 0 saturated carbocycles. The Bertz CT molecular complexity index is 756. The first-order valence-corrected chi connectivity index (χ1v) is 7.30. The van der Waals surface area contributed by atoms with Gasteiger partial charge in [0.05, 0.1) is 17.2 Å². The normalized spacial score (nSPS) is 13.2. The minimum absolute atomic E-state index is 0.00802. The van der Waals surface area contributed by atoms with Crippen LogP contribution >= 0.6 is 0 Å². The number of Topliss-reactive ketones (excluding diaryl/α,β-unsaturated/α-hetero) is 1. The molecule has 0 amide bonds. The summed E-state index contributed by atoms with van der Waals surface area (Å²) in [7, 11) is 0. The number of benzene rings is 2. The molecular weight excluding hydrogens is 296 g/mol. The minimum atomic E-state index is -0.410. The fourth-order valence-electron chi connectivity index (χ4n) is 2.60. The van der Waals surface area contributed by atoms with Gasteiger partial charge in [-0.2, -0.15) is 0 Å². The highest BCUT2D eigenvalue weighted by molar-refractivity contribution is 5.95. The molecule has 0 saturated heterocycles. The zero-order valence-electron chi connectivity index (χ0n) is 12.7. The SMILES string of the molecule is CC(=O)c1ccc2c(c1)N(Cc1ccc([N+](=O)[O-])cc1)CCO2. The van der Waals surface area contributed by atoms with E-state index in [0.29, 0.717) is 25.3 Å². The molecule has 1 heterocycles. The third kappa shape index (κ3) is 3.15. The van der Waals surface area contributed by atoms with Gasteiger partial charge in [0.25, 0.3) is 5.69 Å². The topological polar surface area (TPSA) is 72.7 Å². The Kier molecular flexibility index (Phi) is 3.97. The number of ketones is 1. The quantitative estimate of drug-likeness (QED) is 0.492. The third-order valence-electron chi connectivity index (χ3n) is 3.85. The van der Waals surface area contributed by atoms with E-state index < -0.39 is 4.92 Å². The molecule has 0 radical (unpaired) electrons. The first kappa shape index (κ1) is 15.0. The molecule has 0 fully saturated rings. The van der Waals surface area contributed by atoms with E-state index in [1.165, 1.54) is 19.1 Å². The number of carbonyl (C=O) groups is 1. The fraction of sp³-hybridized carbons (Fsp3) is 0.235. The highest BCUT2D eigenvalue weighted by Crippen LogP contribution is 2.33. The molecule has 1 aliphatic heterocycles. The molecule has 0 atom stereocenters. The number of nitro benzene ring substituents is 1. The molecule has 0 N–H and O–H groups in total. The van der Waals surface area contributed by atoms with Crippen molar-refractivity contribution in [3.63, 3.8) is 0 Å². The van der Waals surface area contributed by atoms with Gasteiger partial charge >= 0.3 is 0 Å². The van der Waals surface area contributed by atoms with Gasteiger partial charge in [0.15, 0.2) is 5.78 Å². The molecule has 0 aliphatic carbocycles. The van der Waals surface area contributed by atoms with Gasteiger partial charge in [0.1, 0.15) is 12.4 Å². The van der Waals surface area contributed by atoms with E-state index in [4.69, 9.17) is 4.74 Å². The summed E-state index contributed by atoms with van der Waals surface area (Å²) in [6, 6.07) is 11.9. The van der Waals surface area contributed by atoms with E-state index in [2.05, 4.69) is 4.90 Å². The van der Waals surface area contributed by atoms with Crippen LogP contribution < -0.4 is 9.64 Å². The molecule has 6 heteroatoms. The molecule has 6 nitrogen and oxygen atoms in total. The molecule has 2 aromatic rings. The summed E-state index contributed by atoms with van der Waals surface area (Å²) in [6.45, 7) is 3.41. The van der Waals surface area contributed by atoms with E-state index in [-0.39, 0.29) is 11.5 Å². The zero-order chi connectivity index (χ0) is 16.4. The number of carbonyl (C=O) groups excluding carboxylic acids is 1. The van der Waals surface area contributed by atoms with Crippen LogP contribution in [0, 0.1) is 10.1 Å². The summed E-state index contributed by atoms with van der Waals surface area (Å²) in [4.78, 5) is 24.0. The van der Waals surface area contributed by atoms with Crippen molar-refractivity contribution >= 4 is 17.2 Å². The summed E-state index contributed by atoms with van der Waals surface area (Å²) in [5.74, 6) is 0.761. The number of nitrogens with zero attached hydrogens (tertiary/aromatic N) is 2. The number of non-ortho nitro benzene ring substituents is 1. The Balaban J connectivity index is 1.86. The maximum atomic E-state index is 11.6. The predicted molar refractivity (Wildman–Crippen MR) is 86.1 cm³/mol. The van der Waals surface area contributed by atoms with Crippen molar-refractivity contribution in [1.82, 2.24) is 0 Å². The maximum absolute atomic E-state index is 11.6. The zero-order valence-corrected chi connectivity index (χ0v) is 12.7. The second-order valence-corrected chi connectivity index (χ2v) is 5.43. The van der Waals surface area contributed by atoms with E-state index in [0.717, 1.165) is 17.0 Å². The average molecular weight is 312 g/mol. The smallest absolute Gasteiger partial charge is 0.269 e. The molecule has 3 rings (SSSR count). The molecule has 0 bridgehead atoms. The van der Waals surface area contributed by atoms with Crippen molar-refractivity contribution in [2.45, 2.75) is 13.5 Å². The van der Waals surface area contributed by atoms with E-state index >= 15 is 0 Å². The first-order valence-electron chi connectivity index (χ1n) is 7.30. The predicted octanol–water partition coefficient (Wildman–Crippen LogP) is 3.20. The van der Waals surface area contributed by atoms with Crippen LogP contribution in [0.2, 0.25) is 0 Å². The van der Waals surface area contributed by atoms with Crippen molar-refractivity contribution < 1.29 is 14.5 Å². The van der Waals surface area contributed by atoms with Crippen molar-refractivity contribution in [2.24, 2.45) is 0 Å². The lowest BCUT2D eigenvalue weighted by atomic mass is 10.1. The Morgan fingerprint density at radius 3 is 2.65 bits per heavy atom. The van der Waals surface area contributed by atoms with E-state index in [1.807, 2.05) is 12.1 Å². The number of nitro groups is 1. The summed E-state index contributed by atoms with van der Waals surface area (Å²) in [5.41, 5.74) is 2.57. The number of hydrogen-bond acceptors (Lipinski definition) is 5. The summed E-state index contributed by atoms with van der Waals surface area (Å²) < 4.78 is 5.63. The molecule has 1 aliphatic rings. The molecule has 2 aromatic carbocycles. The van der Waals surface area contributed by atoms with Gasteiger partial charge < -0.3 is 9.64 Å². The van der Waals surface area contributed by atoms with Crippen LogP contribution in [0.15, 0.2) is 42.5 Å². The summed E-state index contributed by atoms with van der Waals surface area (Å²) in [6.07, 6.45) is 0. The first-order chi connectivity index (χ1) is 11.0. The molecule has 23 heavy (non-hydrogen) atoms. The summed E-state index contributed by atoms with van der Waals surface area (Å²) in [5, 5.41) is 10.7. The lowest BCUT2D eigenvalue weighted by Crippen LogP contribution is -2.32. The minimum Gasteiger partial charge on any atom is -0.490 e. The van der Waals surface area contributed by atoms with Crippen molar-refractivity contribution in [3.05, 3.63) is 63.7 Å². The highest BCUT2D eigenvalue weighted by Gasteiger charge is 2.19. The number of fused-ring (bicyclic) bond motifs is 1. The van der Waals surface area contributed by atoms with Crippen LogP contribution in [-0.2, 0) is 6.54 Å². The van der Waals surface area contributed by atoms with Gasteiger partial charge in [-0.05, 0) is 30.7 Å². The molecular formula is C17H16N2O4. The standard InChI is InChI=1S/C17H16N2O4/c1-12(20)14-4-7-17-16(10-14)18(8-9-23-17)11-13-2-5-15(6-3-13)19(21)22/h2-7,10H,8-9,11H2,1H3. The van der Waals surface area contributed by atoms with Crippen LogP contribution in [0.1, 0.15) is 22.8 Å². The molecule has 0 spiro atoms. The van der Waals surface area contributed by atoms with Crippen molar-refractivity contribution in [3.8, 4) is 5.75 Å². The Labute approximate surface area is 133 Å². The van der Waals surface area contributed by atoms with E-state index in [1.54, 1.807) is 18.2 Å². The van der Waals surface area contributed by atoms with Crippen LogP contribution in [0.3, 0.4) is 0 Å². The van der Waals surface area contributed by atoms with Gasteiger partial charge in [-0.15, -0.1) is 0 Å². The molecule has 0 unspecified atom stereocenters. The average Bonchev–Trinajstić information content (AvgIpc) is 2.55. The number of hydrogen-bond donors (Lipinski definition) is 0. The van der Waals surface area contributed by atoms with E-state index in [9.17, 15) is 14.9 Å². The largest absolute Gasteiger partial charge is 0.490 e. The van der Waals surface area contributed by atoms with Crippen LogP contribution in [0.4, 0.5) is 11.4 Å². The highest BCUT2D eigenvalue weighted by atomic mass is 16.6. The lowest BCUT2D eigenvalue weighted by Gasteiger charge is -2.31. The fourth-order valence-corrected chi connectivity index (χ4v) is 2.60. The van der Waals surface area contributed by atoms with Crippen molar-refractivity contribution in [1.29, 1.82) is 0 Å².